The quantitative estimate of drug-likeness (QED) is 0.667. The Morgan fingerprint density at radius 1 is 1.50 bits per heavy atom. The van der Waals surface area contributed by atoms with E-state index in [1.54, 1.807) is 6.07 Å². The van der Waals surface area contributed by atoms with Crippen molar-refractivity contribution in [2.75, 3.05) is 26.7 Å². The third-order valence-electron chi connectivity index (χ3n) is 3.69. The fraction of sp³-hybridized carbons (Fsp3) is 0.615. The summed E-state index contributed by atoms with van der Waals surface area (Å²) in [6.07, 6.45) is 3.17. The maximum Gasteiger partial charge on any atom is 0.324 e. The summed E-state index contributed by atoms with van der Waals surface area (Å²) in [6.45, 7) is 2.51. The summed E-state index contributed by atoms with van der Waals surface area (Å²) in [5, 5.41) is 13.8. The van der Waals surface area contributed by atoms with Gasteiger partial charge in [0.15, 0.2) is 0 Å². The molecule has 1 aromatic rings. The van der Waals surface area contributed by atoms with Gasteiger partial charge in [-0.2, -0.15) is 0 Å². The Morgan fingerprint density at radius 2 is 2.20 bits per heavy atom. The minimum absolute atomic E-state index is 0.0252. The third kappa shape index (κ3) is 3.55. The van der Waals surface area contributed by atoms with Crippen LogP contribution in [0.2, 0.25) is 0 Å². The van der Waals surface area contributed by atoms with Crippen LogP contribution in [0.4, 0.5) is 5.00 Å². The molecule has 0 saturated carbocycles. The van der Waals surface area contributed by atoms with Gasteiger partial charge < -0.3 is 10.2 Å². The van der Waals surface area contributed by atoms with E-state index in [2.05, 4.69) is 5.32 Å². The van der Waals surface area contributed by atoms with Crippen molar-refractivity contribution in [3.05, 3.63) is 27.1 Å². The van der Waals surface area contributed by atoms with Crippen LogP contribution in [0.15, 0.2) is 12.1 Å². The van der Waals surface area contributed by atoms with Crippen LogP contribution < -0.4 is 5.32 Å². The molecule has 1 fully saturated rings. The summed E-state index contributed by atoms with van der Waals surface area (Å²) in [5.74, 6) is 0.597. The molecule has 0 unspecified atom stereocenters. The fourth-order valence-electron chi connectivity index (χ4n) is 2.47. The van der Waals surface area contributed by atoms with E-state index in [-0.39, 0.29) is 10.9 Å². The van der Waals surface area contributed by atoms with Crippen molar-refractivity contribution in [1.29, 1.82) is 0 Å². The number of thiophene rings is 1. The summed E-state index contributed by atoms with van der Waals surface area (Å²) in [7, 11) is 1.95. The topological polar surface area (TPSA) is 75.5 Å². The molecular formula is C13H19N3O3S. The Morgan fingerprint density at radius 3 is 2.75 bits per heavy atom. The number of carbonyl (C=O) groups is 1. The number of hydrogen-bond acceptors (Lipinski definition) is 5. The molecule has 0 spiro atoms. The third-order valence-corrected chi connectivity index (χ3v) is 4.71. The average molecular weight is 297 g/mol. The van der Waals surface area contributed by atoms with Crippen LogP contribution >= 0.6 is 11.3 Å². The molecule has 0 radical (unpaired) electrons. The molecule has 2 heterocycles. The Hall–Kier alpha value is -1.47. The summed E-state index contributed by atoms with van der Waals surface area (Å²) < 4.78 is 0. The van der Waals surface area contributed by atoms with Crippen LogP contribution in [-0.2, 0) is 0 Å². The fourth-order valence-corrected chi connectivity index (χ4v) is 3.26. The van der Waals surface area contributed by atoms with E-state index in [0.29, 0.717) is 10.8 Å². The summed E-state index contributed by atoms with van der Waals surface area (Å²) in [6, 6.07) is 2.95. The maximum absolute atomic E-state index is 12.3. The molecule has 110 valence electrons. The summed E-state index contributed by atoms with van der Waals surface area (Å²) in [4.78, 5) is 24.7. The van der Waals surface area contributed by atoms with Gasteiger partial charge in [-0.15, -0.1) is 0 Å². The molecule has 6 nitrogen and oxygen atoms in total. The maximum atomic E-state index is 12.3. The smallest absolute Gasteiger partial charge is 0.324 e. The molecule has 7 heteroatoms. The largest absolute Gasteiger partial charge is 0.338 e. The molecule has 20 heavy (non-hydrogen) atoms. The zero-order chi connectivity index (χ0) is 14.5. The van der Waals surface area contributed by atoms with Crippen molar-refractivity contribution in [2.24, 2.45) is 5.92 Å². The Balaban J connectivity index is 1.89. The molecule has 0 atom stereocenters. The molecule has 1 aromatic heterocycles. The molecule has 1 saturated heterocycles. The Labute approximate surface area is 121 Å². The minimum Gasteiger partial charge on any atom is -0.338 e. The van der Waals surface area contributed by atoms with Crippen molar-refractivity contribution in [1.82, 2.24) is 10.2 Å². The lowest BCUT2D eigenvalue weighted by molar-refractivity contribution is -0.380. The number of rotatable bonds is 5. The van der Waals surface area contributed by atoms with Crippen molar-refractivity contribution < 1.29 is 9.72 Å². The van der Waals surface area contributed by atoms with E-state index < -0.39 is 4.92 Å². The Kier molecular flexibility index (Phi) is 5.08. The van der Waals surface area contributed by atoms with Crippen LogP contribution in [0.3, 0.4) is 0 Å². The highest BCUT2D eigenvalue weighted by atomic mass is 32.1. The van der Waals surface area contributed by atoms with Crippen molar-refractivity contribution in [2.45, 2.75) is 19.3 Å². The van der Waals surface area contributed by atoms with E-state index in [1.807, 2.05) is 11.9 Å². The monoisotopic (exact) mass is 297 g/mol. The second-order valence-electron chi connectivity index (χ2n) is 5.02. The molecule has 2 rings (SSSR count). The number of nitro groups is 1. The van der Waals surface area contributed by atoms with E-state index >= 15 is 0 Å². The van der Waals surface area contributed by atoms with Gasteiger partial charge in [0.05, 0.1) is 9.80 Å². The SMILES string of the molecule is CNCCC1CCN(C(=O)c2ccc([N+](=O)[O-])s2)CC1. The van der Waals surface area contributed by atoms with E-state index in [1.165, 1.54) is 6.07 Å². The number of carbonyl (C=O) groups excluding carboxylic acids is 1. The predicted octanol–water partition coefficient (Wildman–Crippen LogP) is 2.12. The molecule has 0 aromatic carbocycles. The van der Waals surface area contributed by atoms with Crippen LogP contribution in [0, 0.1) is 16.0 Å². The lowest BCUT2D eigenvalue weighted by Gasteiger charge is -2.31. The van der Waals surface area contributed by atoms with Crippen LogP contribution in [0.1, 0.15) is 28.9 Å². The first-order chi connectivity index (χ1) is 9.61. The second kappa shape index (κ2) is 6.81. The highest BCUT2D eigenvalue weighted by molar-refractivity contribution is 7.17. The van der Waals surface area contributed by atoms with Gasteiger partial charge in [-0.05, 0) is 44.8 Å². The van der Waals surface area contributed by atoms with Crippen molar-refractivity contribution >= 4 is 22.2 Å². The van der Waals surface area contributed by atoms with Gasteiger partial charge in [-0.25, -0.2) is 0 Å². The van der Waals surface area contributed by atoms with Gasteiger partial charge in [0.1, 0.15) is 0 Å². The van der Waals surface area contributed by atoms with Gasteiger partial charge in [0.25, 0.3) is 5.91 Å². The number of nitrogens with zero attached hydrogens (tertiary/aromatic N) is 2. The van der Waals surface area contributed by atoms with Crippen LogP contribution in [0.25, 0.3) is 0 Å². The first kappa shape index (κ1) is 14.9. The van der Waals surface area contributed by atoms with Crippen LogP contribution in [0.5, 0.6) is 0 Å². The van der Waals surface area contributed by atoms with E-state index in [4.69, 9.17) is 0 Å². The predicted molar refractivity (Wildman–Crippen MR) is 78.1 cm³/mol. The normalized spacial score (nSPS) is 16.4. The lowest BCUT2D eigenvalue weighted by atomic mass is 9.93. The molecule has 1 aliphatic rings. The molecular weight excluding hydrogens is 278 g/mol. The summed E-state index contributed by atoms with van der Waals surface area (Å²) >= 11 is 0.957. The summed E-state index contributed by atoms with van der Waals surface area (Å²) in [5.41, 5.74) is 0. The Bertz CT molecular complexity index is 481. The van der Waals surface area contributed by atoms with Crippen molar-refractivity contribution in [3.63, 3.8) is 0 Å². The lowest BCUT2D eigenvalue weighted by Crippen LogP contribution is -2.38. The molecule has 0 aliphatic carbocycles. The molecule has 1 N–H and O–H groups in total. The van der Waals surface area contributed by atoms with Gasteiger partial charge >= 0.3 is 5.00 Å². The second-order valence-corrected chi connectivity index (χ2v) is 6.09. The van der Waals surface area contributed by atoms with Gasteiger partial charge in [0, 0.05) is 19.2 Å². The first-order valence-electron chi connectivity index (χ1n) is 6.80. The highest BCUT2D eigenvalue weighted by Crippen LogP contribution is 2.27. The highest BCUT2D eigenvalue weighted by Gasteiger charge is 2.25. The first-order valence-corrected chi connectivity index (χ1v) is 7.61. The minimum atomic E-state index is -0.453. The van der Waals surface area contributed by atoms with Gasteiger partial charge in [0.2, 0.25) is 0 Å². The molecule has 1 aliphatic heterocycles. The molecule has 1 amide bonds. The van der Waals surface area contributed by atoms with Gasteiger partial charge in [-0.1, -0.05) is 11.3 Å². The number of piperidine rings is 1. The average Bonchev–Trinajstić information content (AvgIpc) is 2.95. The molecule has 0 bridgehead atoms. The number of likely N-dealkylation sites (tertiary alicyclic amines) is 1. The van der Waals surface area contributed by atoms with E-state index in [0.717, 1.165) is 50.2 Å². The zero-order valence-electron chi connectivity index (χ0n) is 11.5. The van der Waals surface area contributed by atoms with Crippen LogP contribution in [-0.4, -0.2) is 42.4 Å². The number of hydrogen-bond donors (Lipinski definition) is 1. The van der Waals surface area contributed by atoms with E-state index in [9.17, 15) is 14.9 Å². The zero-order valence-corrected chi connectivity index (χ0v) is 12.3. The van der Waals surface area contributed by atoms with Crippen molar-refractivity contribution in [3.8, 4) is 0 Å². The standard InChI is InChI=1S/C13H19N3O3S/c1-14-7-4-10-5-8-15(9-6-10)13(17)11-2-3-12(20-11)16(18)19/h2-3,10,14H,4-9H2,1H3. The number of amides is 1. The number of nitrogens with one attached hydrogen (secondary N) is 1. The van der Waals surface area contributed by atoms with Gasteiger partial charge in [-0.3, -0.25) is 14.9 Å².